The molecule has 0 N–H and O–H groups in total. The summed E-state index contributed by atoms with van der Waals surface area (Å²) in [6.07, 6.45) is 4.90. The Balaban J connectivity index is 1.68. The quantitative estimate of drug-likeness (QED) is 0.718. The summed E-state index contributed by atoms with van der Waals surface area (Å²) in [7, 11) is 0. The second-order valence-electron chi connectivity index (χ2n) is 5.40. The van der Waals surface area contributed by atoms with Crippen LogP contribution >= 0.6 is 11.3 Å². The molecule has 1 atom stereocenters. The molecule has 0 bridgehead atoms. The van der Waals surface area contributed by atoms with Crippen LogP contribution in [0.25, 0.3) is 10.8 Å². The molecule has 0 saturated carbocycles. The van der Waals surface area contributed by atoms with Gasteiger partial charge in [0.25, 0.3) is 5.91 Å². The molecule has 0 aliphatic carbocycles. The van der Waals surface area contributed by atoms with E-state index in [1.807, 2.05) is 31.2 Å². The number of fused-ring (bicyclic) bond motifs is 1. The van der Waals surface area contributed by atoms with Crippen molar-refractivity contribution in [3.8, 4) is 16.6 Å². The van der Waals surface area contributed by atoms with Crippen LogP contribution in [0, 0.1) is 0 Å². The van der Waals surface area contributed by atoms with Crippen molar-refractivity contribution in [3.05, 3.63) is 53.8 Å². The molecule has 1 amide bonds. The summed E-state index contributed by atoms with van der Waals surface area (Å²) in [5.41, 5.74) is 0.784. The predicted molar refractivity (Wildman–Crippen MR) is 91.3 cm³/mol. The minimum Gasteiger partial charge on any atom is -0.489 e. The van der Waals surface area contributed by atoms with Gasteiger partial charge in [-0.1, -0.05) is 12.1 Å². The molecule has 6 nitrogen and oxygen atoms in total. The van der Waals surface area contributed by atoms with E-state index >= 15 is 0 Å². The average molecular weight is 338 g/mol. The molecule has 4 rings (SSSR count). The van der Waals surface area contributed by atoms with E-state index in [2.05, 4.69) is 15.0 Å². The first kappa shape index (κ1) is 14.8. The van der Waals surface area contributed by atoms with Crippen molar-refractivity contribution in [2.24, 2.45) is 0 Å². The number of benzene rings is 1. The van der Waals surface area contributed by atoms with Crippen molar-refractivity contribution in [2.45, 2.75) is 13.0 Å². The number of ether oxygens (including phenoxy) is 1. The van der Waals surface area contributed by atoms with Crippen LogP contribution in [0.4, 0.5) is 5.69 Å². The van der Waals surface area contributed by atoms with Gasteiger partial charge in [-0.05, 0) is 25.1 Å². The smallest absolute Gasteiger partial charge is 0.270 e. The van der Waals surface area contributed by atoms with Crippen molar-refractivity contribution in [1.82, 2.24) is 15.0 Å². The third kappa shape index (κ3) is 2.52. The Hall–Kier alpha value is -2.80. The second-order valence-corrected chi connectivity index (χ2v) is 6.44. The molecular formula is C17H14N4O2S. The van der Waals surface area contributed by atoms with E-state index in [9.17, 15) is 4.79 Å². The lowest BCUT2D eigenvalue weighted by Gasteiger charge is -2.34. The van der Waals surface area contributed by atoms with Crippen molar-refractivity contribution < 1.29 is 9.53 Å². The number of amides is 1. The number of hydrogen-bond donors (Lipinski definition) is 0. The fourth-order valence-corrected chi connectivity index (χ4v) is 3.42. The lowest BCUT2D eigenvalue weighted by molar-refractivity contribution is 0.0964. The Morgan fingerprint density at radius 3 is 2.83 bits per heavy atom. The summed E-state index contributed by atoms with van der Waals surface area (Å²) in [6, 6.07) is 9.26. The van der Waals surface area contributed by atoms with Gasteiger partial charge in [-0.3, -0.25) is 9.69 Å². The van der Waals surface area contributed by atoms with Crippen LogP contribution in [0.15, 0.2) is 48.9 Å². The minimum atomic E-state index is -0.0852. The fraction of sp³-hybridized carbons (Fsp3) is 0.176. The monoisotopic (exact) mass is 338 g/mol. The largest absolute Gasteiger partial charge is 0.489 e. The van der Waals surface area contributed by atoms with Crippen LogP contribution in [0.5, 0.6) is 5.75 Å². The first-order valence-electron chi connectivity index (χ1n) is 7.52. The summed E-state index contributed by atoms with van der Waals surface area (Å²) >= 11 is 1.30. The molecule has 3 aromatic rings. The van der Waals surface area contributed by atoms with E-state index in [-0.39, 0.29) is 11.9 Å². The highest BCUT2D eigenvalue weighted by Crippen LogP contribution is 2.35. The summed E-state index contributed by atoms with van der Waals surface area (Å²) in [4.78, 5) is 28.0. The molecule has 1 aliphatic heterocycles. The number of rotatable bonds is 2. The lowest BCUT2D eigenvalue weighted by Crippen LogP contribution is -2.44. The van der Waals surface area contributed by atoms with E-state index < -0.39 is 0 Å². The van der Waals surface area contributed by atoms with Crippen LogP contribution < -0.4 is 9.64 Å². The molecule has 0 saturated heterocycles. The summed E-state index contributed by atoms with van der Waals surface area (Å²) in [5, 5.41) is 0.633. The van der Waals surface area contributed by atoms with Gasteiger partial charge in [0.2, 0.25) is 0 Å². The fourth-order valence-electron chi connectivity index (χ4n) is 2.61. The van der Waals surface area contributed by atoms with Gasteiger partial charge in [0.15, 0.2) is 10.8 Å². The maximum Gasteiger partial charge on any atom is 0.270 e. The highest BCUT2D eigenvalue weighted by Gasteiger charge is 2.31. The van der Waals surface area contributed by atoms with Crippen LogP contribution in [0.2, 0.25) is 0 Å². The van der Waals surface area contributed by atoms with E-state index in [0.29, 0.717) is 22.3 Å². The molecule has 24 heavy (non-hydrogen) atoms. The first-order valence-corrected chi connectivity index (χ1v) is 8.34. The average Bonchev–Trinajstić information content (AvgIpc) is 3.12. The molecule has 1 unspecified atom stereocenters. The van der Waals surface area contributed by atoms with Gasteiger partial charge < -0.3 is 4.74 Å². The van der Waals surface area contributed by atoms with Crippen molar-refractivity contribution in [3.63, 3.8) is 0 Å². The number of nitrogens with zero attached hydrogens (tertiary/aromatic N) is 4. The predicted octanol–water partition coefficient (Wildman–Crippen LogP) is 3.03. The number of para-hydroxylation sites is 2. The van der Waals surface area contributed by atoms with Gasteiger partial charge in [0, 0.05) is 12.4 Å². The molecule has 1 aliphatic rings. The van der Waals surface area contributed by atoms with Gasteiger partial charge in [0.1, 0.15) is 17.2 Å². The SMILES string of the molecule is CC1COc2ccccc2N1C(=O)c1cnc(-c2ncccn2)s1. The number of carbonyl (C=O) groups excluding carboxylic acids is 1. The Morgan fingerprint density at radius 1 is 1.21 bits per heavy atom. The molecule has 1 aromatic carbocycles. The summed E-state index contributed by atoms with van der Waals surface area (Å²) in [6.45, 7) is 2.44. The Morgan fingerprint density at radius 2 is 2.00 bits per heavy atom. The third-order valence-electron chi connectivity index (χ3n) is 3.74. The zero-order valence-corrected chi connectivity index (χ0v) is 13.7. The lowest BCUT2D eigenvalue weighted by atomic mass is 10.1. The zero-order chi connectivity index (χ0) is 16.5. The molecule has 2 aromatic heterocycles. The minimum absolute atomic E-state index is 0.0501. The van der Waals surface area contributed by atoms with Gasteiger partial charge >= 0.3 is 0 Å². The summed E-state index contributed by atoms with van der Waals surface area (Å²) in [5.74, 6) is 1.16. The Kier molecular flexibility index (Phi) is 3.70. The topological polar surface area (TPSA) is 68.2 Å². The normalized spacial score (nSPS) is 16.4. The van der Waals surface area contributed by atoms with Gasteiger partial charge in [-0.15, -0.1) is 11.3 Å². The van der Waals surface area contributed by atoms with Crippen LogP contribution in [0.3, 0.4) is 0 Å². The Labute approximate surface area is 142 Å². The molecule has 3 heterocycles. The second kappa shape index (κ2) is 6.01. The van der Waals surface area contributed by atoms with Crippen LogP contribution in [-0.2, 0) is 0 Å². The standard InChI is InChI=1S/C17H14N4O2S/c1-11-10-23-13-6-3-2-5-12(13)21(11)17(22)14-9-20-16(24-14)15-18-7-4-8-19-15/h2-9,11H,10H2,1H3. The highest BCUT2D eigenvalue weighted by atomic mass is 32.1. The van der Waals surface area contributed by atoms with Crippen LogP contribution in [-0.4, -0.2) is 33.5 Å². The number of aromatic nitrogens is 3. The highest BCUT2D eigenvalue weighted by molar-refractivity contribution is 7.17. The van der Waals surface area contributed by atoms with Gasteiger partial charge in [0.05, 0.1) is 17.9 Å². The maximum atomic E-state index is 13.0. The van der Waals surface area contributed by atoms with E-state index in [1.54, 1.807) is 29.6 Å². The van der Waals surface area contributed by atoms with E-state index in [4.69, 9.17) is 4.74 Å². The molecular weight excluding hydrogens is 324 g/mol. The molecule has 0 spiro atoms. The summed E-state index contributed by atoms with van der Waals surface area (Å²) < 4.78 is 5.70. The number of carbonyl (C=O) groups is 1. The van der Waals surface area contributed by atoms with Crippen molar-refractivity contribution >= 4 is 22.9 Å². The number of hydrogen-bond acceptors (Lipinski definition) is 6. The van der Waals surface area contributed by atoms with Crippen molar-refractivity contribution in [2.75, 3.05) is 11.5 Å². The van der Waals surface area contributed by atoms with Gasteiger partial charge in [-0.2, -0.15) is 0 Å². The van der Waals surface area contributed by atoms with Crippen molar-refractivity contribution in [1.29, 1.82) is 0 Å². The molecule has 0 fully saturated rings. The van der Waals surface area contributed by atoms with E-state index in [0.717, 1.165) is 11.4 Å². The Bertz CT molecular complexity index is 881. The van der Waals surface area contributed by atoms with E-state index in [1.165, 1.54) is 11.3 Å². The van der Waals surface area contributed by atoms with Crippen LogP contribution in [0.1, 0.15) is 16.6 Å². The number of thiazole rings is 1. The first-order chi connectivity index (χ1) is 11.7. The molecule has 0 radical (unpaired) electrons. The molecule has 120 valence electrons. The zero-order valence-electron chi connectivity index (χ0n) is 12.9. The van der Waals surface area contributed by atoms with Gasteiger partial charge in [-0.25, -0.2) is 15.0 Å². The third-order valence-corrected chi connectivity index (χ3v) is 4.72. The number of anilines is 1. The maximum absolute atomic E-state index is 13.0. The molecule has 7 heteroatoms.